The summed E-state index contributed by atoms with van der Waals surface area (Å²) in [4.78, 5) is 4.41. The summed E-state index contributed by atoms with van der Waals surface area (Å²) in [6, 6.07) is 8.35. The third kappa shape index (κ3) is 8.29. The van der Waals surface area contributed by atoms with Crippen LogP contribution < -0.4 is 15.4 Å². The molecule has 0 saturated heterocycles. The molecule has 0 unspecified atom stereocenters. The Bertz CT molecular complexity index is 575. The van der Waals surface area contributed by atoms with Crippen LogP contribution in [0, 0.1) is 5.92 Å². The van der Waals surface area contributed by atoms with E-state index in [9.17, 15) is 8.42 Å². The highest BCUT2D eigenvalue weighted by Gasteiger charge is 2.12. The van der Waals surface area contributed by atoms with Gasteiger partial charge in [0.2, 0.25) is 10.0 Å². The van der Waals surface area contributed by atoms with Gasteiger partial charge in [0.25, 0.3) is 0 Å². The van der Waals surface area contributed by atoms with Gasteiger partial charge in [-0.25, -0.2) is 13.1 Å². The fraction of sp³-hybridized carbons (Fsp3) is 0.562. The lowest BCUT2D eigenvalue weighted by Gasteiger charge is -2.16. The lowest BCUT2D eigenvalue weighted by Crippen LogP contribution is -2.43. The van der Waals surface area contributed by atoms with Crippen LogP contribution in [0.3, 0.4) is 0 Å². The summed E-state index contributed by atoms with van der Waals surface area (Å²) in [6.45, 7) is 5.97. The Morgan fingerprint density at radius 2 is 1.71 bits per heavy atom. The van der Waals surface area contributed by atoms with Crippen LogP contribution in [0.4, 0.5) is 0 Å². The van der Waals surface area contributed by atoms with Gasteiger partial charge in [-0.2, -0.15) is 0 Å². The summed E-state index contributed by atoms with van der Waals surface area (Å²) in [7, 11) is -1.74. The average molecular weight is 468 g/mol. The molecule has 0 bridgehead atoms. The van der Waals surface area contributed by atoms with Gasteiger partial charge in [-0.05, 0) is 18.1 Å². The third-order valence-corrected chi connectivity index (χ3v) is 5.18. The molecule has 0 saturated carbocycles. The lowest BCUT2D eigenvalue weighted by molar-refractivity contribution is 0.481. The van der Waals surface area contributed by atoms with Crippen molar-refractivity contribution >= 4 is 40.0 Å². The standard InChI is InChI=1S/C16H28N4O2S.HI/c1-4-14(5-2)13-19-16(17-3)18-11-12-20-23(21,22)15-9-7-6-8-10-15;/h6-10,14,20H,4-5,11-13H2,1-3H3,(H2,17,18,19);1H. The molecule has 138 valence electrons. The van der Waals surface area contributed by atoms with Gasteiger partial charge in [-0.3, -0.25) is 4.99 Å². The Labute approximate surface area is 163 Å². The van der Waals surface area contributed by atoms with Gasteiger partial charge in [0, 0.05) is 26.7 Å². The molecule has 1 rings (SSSR count). The molecule has 3 N–H and O–H groups in total. The molecule has 24 heavy (non-hydrogen) atoms. The monoisotopic (exact) mass is 468 g/mol. The highest BCUT2D eigenvalue weighted by atomic mass is 127. The topological polar surface area (TPSA) is 82.6 Å². The molecule has 0 fully saturated rings. The quantitative estimate of drug-likeness (QED) is 0.225. The van der Waals surface area contributed by atoms with Crippen LogP contribution in [0.25, 0.3) is 0 Å². The first kappa shape index (κ1) is 23.1. The number of hydrogen-bond acceptors (Lipinski definition) is 3. The van der Waals surface area contributed by atoms with Crippen LogP contribution in [0.5, 0.6) is 0 Å². The largest absolute Gasteiger partial charge is 0.356 e. The number of aliphatic imine (C=N–C) groups is 1. The second kappa shape index (κ2) is 12.5. The number of halogens is 1. The fourth-order valence-corrected chi connectivity index (χ4v) is 3.14. The van der Waals surface area contributed by atoms with E-state index in [4.69, 9.17) is 0 Å². The zero-order chi connectivity index (χ0) is 17.1. The van der Waals surface area contributed by atoms with Crippen molar-refractivity contribution in [3.05, 3.63) is 30.3 Å². The van der Waals surface area contributed by atoms with Crippen molar-refractivity contribution in [3.8, 4) is 0 Å². The Hall–Kier alpha value is -0.870. The molecular weight excluding hydrogens is 439 g/mol. The molecule has 0 radical (unpaired) electrons. The van der Waals surface area contributed by atoms with Crippen molar-refractivity contribution in [2.45, 2.75) is 31.6 Å². The minimum Gasteiger partial charge on any atom is -0.356 e. The predicted octanol–water partition coefficient (Wildman–Crippen LogP) is 2.18. The van der Waals surface area contributed by atoms with E-state index < -0.39 is 10.0 Å². The maximum atomic E-state index is 12.1. The van der Waals surface area contributed by atoms with E-state index in [-0.39, 0.29) is 28.9 Å². The zero-order valence-electron chi connectivity index (χ0n) is 14.6. The molecule has 0 aliphatic heterocycles. The molecular formula is C16H29IN4O2S. The summed E-state index contributed by atoms with van der Waals surface area (Å²) in [5.41, 5.74) is 0. The van der Waals surface area contributed by atoms with Crippen LogP contribution in [0.2, 0.25) is 0 Å². The normalized spacial score (nSPS) is 11.9. The van der Waals surface area contributed by atoms with Crippen LogP contribution in [-0.2, 0) is 10.0 Å². The van der Waals surface area contributed by atoms with Gasteiger partial charge < -0.3 is 10.6 Å². The Morgan fingerprint density at radius 3 is 2.25 bits per heavy atom. The molecule has 0 aromatic heterocycles. The van der Waals surface area contributed by atoms with Gasteiger partial charge in [0.05, 0.1) is 4.90 Å². The average Bonchev–Trinajstić information content (AvgIpc) is 2.58. The van der Waals surface area contributed by atoms with E-state index in [1.165, 1.54) is 0 Å². The molecule has 0 atom stereocenters. The molecule has 0 amide bonds. The Balaban J connectivity index is 0.00000529. The minimum absolute atomic E-state index is 0. The van der Waals surface area contributed by atoms with Gasteiger partial charge >= 0.3 is 0 Å². The van der Waals surface area contributed by atoms with E-state index in [0.29, 0.717) is 25.0 Å². The zero-order valence-corrected chi connectivity index (χ0v) is 17.7. The van der Waals surface area contributed by atoms with Gasteiger partial charge in [-0.15, -0.1) is 24.0 Å². The predicted molar refractivity (Wildman–Crippen MR) is 110 cm³/mol. The summed E-state index contributed by atoms with van der Waals surface area (Å²) in [5.74, 6) is 1.31. The van der Waals surface area contributed by atoms with E-state index in [1.54, 1.807) is 37.4 Å². The molecule has 6 nitrogen and oxygen atoms in total. The number of benzene rings is 1. The van der Waals surface area contributed by atoms with Gasteiger partial charge in [-0.1, -0.05) is 44.9 Å². The van der Waals surface area contributed by atoms with Crippen molar-refractivity contribution in [3.63, 3.8) is 0 Å². The highest BCUT2D eigenvalue weighted by molar-refractivity contribution is 14.0. The first-order valence-corrected chi connectivity index (χ1v) is 9.51. The van der Waals surface area contributed by atoms with E-state index in [0.717, 1.165) is 19.4 Å². The van der Waals surface area contributed by atoms with Crippen LogP contribution in [0.15, 0.2) is 40.2 Å². The van der Waals surface area contributed by atoms with Gasteiger partial charge in [0.1, 0.15) is 0 Å². The fourth-order valence-electron chi connectivity index (χ4n) is 2.09. The van der Waals surface area contributed by atoms with E-state index in [2.05, 4.69) is 34.2 Å². The minimum atomic E-state index is -3.45. The number of hydrogen-bond donors (Lipinski definition) is 3. The summed E-state index contributed by atoms with van der Waals surface area (Å²) in [5, 5.41) is 6.37. The summed E-state index contributed by atoms with van der Waals surface area (Å²) in [6.07, 6.45) is 2.24. The maximum Gasteiger partial charge on any atom is 0.240 e. The molecule has 0 aliphatic rings. The molecule has 0 aliphatic carbocycles. The highest BCUT2D eigenvalue weighted by Crippen LogP contribution is 2.06. The van der Waals surface area contributed by atoms with Crippen molar-refractivity contribution < 1.29 is 8.42 Å². The third-order valence-electron chi connectivity index (χ3n) is 3.70. The number of rotatable bonds is 9. The van der Waals surface area contributed by atoms with Crippen molar-refractivity contribution in [2.24, 2.45) is 10.9 Å². The first-order chi connectivity index (χ1) is 11.0. The number of nitrogens with one attached hydrogen (secondary N) is 3. The second-order valence-electron chi connectivity index (χ2n) is 5.27. The maximum absolute atomic E-state index is 12.1. The van der Waals surface area contributed by atoms with Crippen molar-refractivity contribution in [2.75, 3.05) is 26.7 Å². The van der Waals surface area contributed by atoms with Crippen LogP contribution >= 0.6 is 24.0 Å². The Kier molecular flexibility index (Phi) is 12.0. The number of sulfonamides is 1. The lowest BCUT2D eigenvalue weighted by atomic mass is 10.0. The first-order valence-electron chi connectivity index (χ1n) is 8.02. The molecule has 8 heteroatoms. The van der Waals surface area contributed by atoms with Crippen LogP contribution in [0.1, 0.15) is 26.7 Å². The second-order valence-corrected chi connectivity index (χ2v) is 7.04. The smallest absolute Gasteiger partial charge is 0.240 e. The van der Waals surface area contributed by atoms with Crippen molar-refractivity contribution in [1.82, 2.24) is 15.4 Å². The molecule has 1 aromatic rings. The summed E-state index contributed by atoms with van der Waals surface area (Å²) < 4.78 is 26.7. The molecule has 0 heterocycles. The number of guanidine groups is 1. The van der Waals surface area contributed by atoms with Crippen LogP contribution in [-0.4, -0.2) is 41.1 Å². The summed E-state index contributed by atoms with van der Waals surface area (Å²) >= 11 is 0. The molecule has 0 spiro atoms. The number of nitrogens with zero attached hydrogens (tertiary/aromatic N) is 1. The van der Waals surface area contributed by atoms with Gasteiger partial charge in [0.15, 0.2) is 5.96 Å². The molecule has 1 aromatic carbocycles. The Morgan fingerprint density at radius 1 is 1.08 bits per heavy atom. The van der Waals surface area contributed by atoms with E-state index in [1.807, 2.05) is 0 Å². The SMILES string of the molecule is CCC(CC)CNC(=NC)NCCNS(=O)(=O)c1ccccc1.I. The van der Waals surface area contributed by atoms with E-state index >= 15 is 0 Å². The van der Waals surface area contributed by atoms with Crippen molar-refractivity contribution in [1.29, 1.82) is 0 Å².